The Balaban J connectivity index is 1.20. The summed E-state index contributed by atoms with van der Waals surface area (Å²) in [6, 6.07) is 0. The Morgan fingerprint density at radius 3 is 2.33 bits per heavy atom. The molecule has 1 aromatic heterocycles. The van der Waals surface area contributed by atoms with Crippen molar-refractivity contribution in [3.63, 3.8) is 0 Å². The van der Waals surface area contributed by atoms with Crippen molar-refractivity contribution in [2.75, 3.05) is 39.4 Å². The number of carboxylic acids is 1. The van der Waals surface area contributed by atoms with Crippen molar-refractivity contribution in [1.82, 2.24) is 10.2 Å². The van der Waals surface area contributed by atoms with Gasteiger partial charge in [0.2, 0.25) is 0 Å². The number of hydrogen-bond acceptors (Lipinski definition) is 11. The predicted molar refractivity (Wildman–Crippen MR) is 199 cm³/mol. The lowest BCUT2D eigenvalue weighted by Gasteiger charge is -2.70. The minimum absolute atomic E-state index is 0.00841. The first-order valence-electron chi connectivity index (χ1n) is 20.3. The fourth-order valence-corrected chi connectivity index (χ4v) is 12.6. The van der Waals surface area contributed by atoms with Crippen molar-refractivity contribution in [3.8, 4) is 0 Å². The lowest BCUT2D eigenvalue weighted by Crippen LogP contribution is -2.68. The number of nitrogens with one attached hydrogen (secondary N) is 1. The molecule has 0 aromatic carbocycles. The number of hydrogen-bond donors (Lipinski definition) is 2. The highest BCUT2D eigenvalue weighted by molar-refractivity contribution is 5.96. The molecular weight excluding hydrogens is 708 g/mol. The van der Waals surface area contributed by atoms with E-state index in [-0.39, 0.29) is 46.6 Å². The highest BCUT2D eigenvalue weighted by atomic mass is 16.6. The topological polar surface area (TPSA) is 175 Å². The lowest BCUT2D eigenvalue weighted by atomic mass is 9.33. The van der Waals surface area contributed by atoms with Gasteiger partial charge in [0, 0.05) is 32.1 Å². The first kappa shape index (κ1) is 39.8. The molecule has 13 nitrogen and oxygen atoms in total. The third-order valence-electron chi connectivity index (χ3n) is 16.4. The number of amides is 1. The second kappa shape index (κ2) is 13.9. The molecule has 0 unspecified atom stereocenters. The Morgan fingerprint density at radius 2 is 1.65 bits per heavy atom. The maximum Gasteiger partial charge on any atom is 0.519 e. The molecule has 5 aliphatic carbocycles. The van der Waals surface area contributed by atoms with Crippen LogP contribution in [0.4, 0.5) is 4.79 Å². The number of aliphatic carboxylic acids is 1. The van der Waals surface area contributed by atoms with Crippen LogP contribution in [0.3, 0.4) is 0 Å². The molecule has 4 saturated carbocycles. The van der Waals surface area contributed by atoms with Gasteiger partial charge in [0.25, 0.3) is 0 Å². The van der Waals surface area contributed by atoms with E-state index in [1.54, 1.807) is 13.8 Å². The molecule has 7 rings (SSSR count). The number of rotatable bonds is 8. The number of aryl methyl sites for hydroxylation is 1. The van der Waals surface area contributed by atoms with E-state index < -0.39 is 57.5 Å². The van der Waals surface area contributed by atoms with Crippen LogP contribution in [0.25, 0.3) is 0 Å². The van der Waals surface area contributed by atoms with Crippen molar-refractivity contribution < 1.29 is 47.3 Å². The summed E-state index contributed by atoms with van der Waals surface area (Å²) < 4.78 is 27.7. The van der Waals surface area contributed by atoms with Crippen LogP contribution in [-0.2, 0) is 35.2 Å². The Kier molecular flexibility index (Phi) is 10.0. The smallest absolute Gasteiger partial charge is 0.481 e. The van der Waals surface area contributed by atoms with Crippen LogP contribution in [0, 0.1) is 57.2 Å². The Bertz CT molecular complexity index is 1810. The van der Waals surface area contributed by atoms with Gasteiger partial charge >= 0.3 is 23.9 Å². The van der Waals surface area contributed by atoms with Crippen molar-refractivity contribution in [3.05, 3.63) is 33.8 Å². The third kappa shape index (κ3) is 6.30. The molecule has 5 fully saturated rings. The molecule has 0 spiro atoms. The number of fused-ring (bicyclic) bond motifs is 7. The van der Waals surface area contributed by atoms with Crippen molar-refractivity contribution in [2.45, 2.75) is 119 Å². The summed E-state index contributed by atoms with van der Waals surface area (Å²) in [5, 5.41) is 13.2. The number of morpholine rings is 1. The van der Waals surface area contributed by atoms with Gasteiger partial charge in [-0.15, -0.1) is 0 Å². The van der Waals surface area contributed by atoms with E-state index in [2.05, 4.69) is 37.9 Å². The van der Waals surface area contributed by atoms with Crippen LogP contribution in [0.15, 0.2) is 25.3 Å². The fourth-order valence-electron chi connectivity index (χ4n) is 12.6. The van der Waals surface area contributed by atoms with E-state index in [4.69, 9.17) is 23.0 Å². The molecule has 2 heterocycles. The van der Waals surface area contributed by atoms with Gasteiger partial charge in [0.15, 0.2) is 23.9 Å². The van der Waals surface area contributed by atoms with E-state index in [9.17, 15) is 29.1 Å². The summed E-state index contributed by atoms with van der Waals surface area (Å²) in [6.07, 6.45) is 6.42. The zero-order chi connectivity index (χ0) is 39.8. The van der Waals surface area contributed by atoms with E-state index in [1.807, 2.05) is 13.0 Å². The highest BCUT2D eigenvalue weighted by Gasteiger charge is 2.72. The van der Waals surface area contributed by atoms with Gasteiger partial charge in [-0.1, -0.05) is 33.3 Å². The molecule has 2 N–H and O–H groups in total. The summed E-state index contributed by atoms with van der Waals surface area (Å²) in [7, 11) is 0. The molecular formula is C42H60N2O11. The number of carbonyl (C=O) groups excluding carboxylic acids is 3. The van der Waals surface area contributed by atoms with E-state index in [0.717, 1.165) is 37.9 Å². The van der Waals surface area contributed by atoms with Gasteiger partial charge in [0.05, 0.1) is 18.6 Å². The standard InChI is InChI=1S/C42H60N2O11/c1-25-29(54-36(50)53-25)24-52-34(48)42(7)30-8-11-41(6)32(39(30,4)10-9-31(42)55-35(49)43-16-17-44-18-20-51-21-19-44)28(45)22-26-27-23-38(3,33(46)47)13-12-37(27,2)14-15-40(26,41)5/h22,27,30-32H,8-21,23-24H2,1-7H3,(H,43,49)(H,46,47)/t27-,30+,31-,32+,37+,38-,39-,40+,41+,42-/m0/s1. The predicted octanol–water partition coefficient (Wildman–Crippen LogP) is 6.06. The van der Waals surface area contributed by atoms with Crippen LogP contribution in [0.1, 0.15) is 111 Å². The van der Waals surface area contributed by atoms with Crippen LogP contribution >= 0.6 is 0 Å². The maximum atomic E-state index is 14.9. The van der Waals surface area contributed by atoms with Gasteiger partial charge in [-0.25, -0.2) is 9.59 Å². The largest absolute Gasteiger partial charge is 0.519 e. The highest BCUT2D eigenvalue weighted by Crippen LogP contribution is 2.75. The zero-order valence-electron chi connectivity index (χ0n) is 33.7. The van der Waals surface area contributed by atoms with Crippen LogP contribution < -0.4 is 11.1 Å². The fraction of sp³-hybridized carbons (Fsp3) is 0.786. The van der Waals surface area contributed by atoms with Gasteiger partial charge in [-0.3, -0.25) is 19.3 Å². The number of ketones is 1. The minimum Gasteiger partial charge on any atom is -0.481 e. The van der Waals surface area contributed by atoms with E-state index in [1.165, 1.54) is 0 Å². The Morgan fingerprint density at radius 1 is 0.945 bits per heavy atom. The summed E-state index contributed by atoms with van der Waals surface area (Å²) in [4.78, 5) is 69.5. The van der Waals surface area contributed by atoms with Crippen LogP contribution in [0.2, 0.25) is 0 Å². The normalized spacial score (nSPS) is 41.4. The van der Waals surface area contributed by atoms with Gasteiger partial charge in [0.1, 0.15) is 11.5 Å². The van der Waals surface area contributed by atoms with E-state index in [0.29, 0.717) is 64.8 Å². The summed E-state index contributed by atoms with van der Waals surface area (Å²) >= 11 is 0. The monoisotopic (exact) mass is 768 g/mol. The molecule has 10 atom stereocenters. The number of carbonyl (C=O) groups is 4. The quantitative estimate of drug-likeness (QED) is 0.293. The SMILES string of the molecule is Cc1oc(=O)oc1COC(=O)[C@]1(C)[C@@H](OC(=O)NCCN2CCOCC2)CC[C@@]2(C)[C@H]1CC[C@]1(C)[C@@H]2C(=O)C=C2[C@@H]3C[C@@](C)(C(=O)O)CC[C@]3(C)CC[C@]21C. The average molecular weight is 769 g/mol. The molecule has 1 saturated heterocycles. The maximum absolute atomic E-state index is 14.9. The molecule has 1 amide bonds. The number of esters is 1. The Hall–Kier alpha value is -3.45. The molecule has 13 heteroatoms. The molecule has 1 aliphatic heterocycles. The first-order valence-corrected chi connectivity index (χ1v) is 20.3. The number of carboxylic acid groups (broad SMARTS) is 1. The molecule has 6 aliphatic rings. The zero-order valence-corrected chi connectivity index (χ0v) is 33.7. The summed E-state index contributed by atoms with van der Waals surface area (Å²) in [6.45, 7) is 17.8. The number of nitrogens with zero attached hydrogens (tertiary/aromatic N) is 1. The second-order valence-corrected chi connectivity index (χ2v) is 19.2. The van der Waals surface area contributed by atoms with Crippen molar-refractivity contribution in [2.24, 2.45) is 50.2 Å². The number of alkyl carbamates (subject to hydrolysis) is 1. The second-order valence-electron chi connectivity index (χ2n) is 19.2. The van der Waals surface area contributed by atoms with Gasteiger partial charge in [-0.05, 0) is 118 Å². The number of allylic oxidation sites excluding steroid dienone is 2. The molecule has 0 radical (unpaired) electrons. The van der Waals surface area contributed by atoms with Gasteiger partial charge < -0.3 is 33.5 Å². The molecule has 304 valence electrons. The van der Waals surface area contributed by atoms with Crippen LogP contribution in [0.5, 0.6) is 0 Å². The number of ether oxygens (including phenoxy) is 3. The summed E-state index contributed by atoms with van der Waals surface area (Å²) in [5.74, 6) is -2.70. The van der Waals surface area contributed by atoms with Crippen molar-refractivity contribution in [1.29, 1.82) is 0 Å². The molecule has 0 bridgehead atoms. The average Bonchev–Trinajstić information content (AvgIpc) is 3.46. The molecule has 55 heavy (non-hydrogen) atoms. The van der Waals surface area contributed by atoms with Gasteiger partial charge in [-0.2, -0.15) is 0 Å². The molecule has 1 aromatic rings. The third-order valence-corrected chi connectivity index (χ3v) is 16.4. The lowest BCUT2D eigenvalue weighted by molar-refractivity contribution is -0.218. The Labute approximate surface area is 323 Å². The first-order chi connectivity index (χ1) is 25.8. The van der Waals surface area contributed by atoms with Crippen LogP contribution in [-0.4, -0.2) is 79.3 Å². The van der Waals surface area contributed by atoms with E-state index >= 15 is 0 Å². The minimum atomic E-state index is -1.34. The van der Waals surface area contributed by atoms with Crippen molar-refractivity contribution >= 4 is 23.8 Å². The summed E-state index contributed by atoms with van der Waals surface area (Å²) in [5.41, 5.74) is -2.60.